The third-order valence-corrected chi connectivity index (χ3v) is 4.03. The maximum atomic E-state index is 12.6. The molecule has 0 bridgehead atoms. The Morgan fingerprint density at radius 1 is 1.04 bits per heavy atom. The first-order valence-electron chi connectivity index (χ1n) is 8.35. The Labute approximate surface area is 148 Å². The largest absolute Gasteiger partial charge is 0.495 e. The molecular weight excluding hydrogens is 316 g/mol. The summed E-state index contributed by atoms with van der Waals surface area (Å²) in [6.45, 7) is 7.07. The van der Waals surface area contributed by atoms with Crippen molar-refractivity contribution in [2.45, 2.75) is 20.8 Å². The minimum absolute atomic E-state index is 0.0761. The lowest BCUT2D eigenvalue weighted by molar-refractivity contribution is 0.0773. The van der Waals surface area contributed by atoms with E-state index in [0.717, 1.165) is 5.56 Å². The summed E-state index contributed by atoms with van der Waals surface area (Å²) in [5.41, 5.74) is 2.56. The fourth-order valence-electron chi connectivity index (χ4n) is 2.60. The van der Waals surface area contributed by atoms with Crippen molar-refractivity contribution in [1.29, 1.82) is 0 Å². The molecule has 0 unspecified atom stereocenters. The molecule has 0 fully saturated rings. The molecule has 0 aliphatic heterocycles. The molecule has 0 atom stereocenters. The Kier molecular flexibility index (Phi) is 6.17. The van der Waals surface area contributed by atoms with E-state index in [4.69, 9.17) is 4.74 Å². The molecule has 25 heavy (non-hydrogen) atoms. The normalized spacial score (nSPS) is 10.2. The Morgan fingerprint density at radius 2 is 1.72 bits per heavy atom. The SMILES string of the molecule is CCN(CC)C(=O)c1cccc(C(=O)Nc2cc(C)ccc2OC)c1. The van der Waals surface area contributed by atoms with E-state index in [9.17, 15) is 9.59 Å². The Balaban J connectivity index is 2.25. The molecular formula is C20H24N2O3. The Bertz CT molecular complexity index is 767. The number of rotatable bonds is 6. The van der Waals surface area contributed by atoms with Crippen molar-refractivity contribution in [2.24, 2.45) is 0 Å². The second-order valence-electron chi connectivity index (χ2n) is 5.72. The number of ether oxygens (including phenoxy) is 1. The third-order valence-electron chi connectivity index (χ3n) is 4.03. The quantitative estimate of drug-likeness (QED) is 0.871. The number of nitrogens with one attached hydrogen (secondary N) is 1. The summed E-state index contributed by atoms with van der Waals surface area (Å²) in [4.78, 5) is 26.8. The molecule has 0 aromatic heterocycles. The molecule has 2 amide bonds. The van der Waals surface area contributed by atoms with Gasteiger partial charge in [-0.2, -0.15) is 0 Å². The van der Waals surface area contributed by atoms with Crippen LogP contribution in [0.1, 0.15) is 40.1 Å². The number of hydrogen-bond acceptors (Lipinski definition) is 3. The average molecular weight is 340 g/mol. The van der Waals surface area contributed by atoms with Crippen LogP contribution in [0.15, 0.2) is 42.5 Å². The first-order chi connectivity index (χ1) is 12.0. The molecule has 5 heteroatoms. The first-order valence-corrected chi connectivity index (χ1v) is 8.35. The summed E-state index contributed by atoms with van der Waals surface area (Å²) in [5, 5.41) is 2.85. The number of anilines is 1. The highest BCUT2D eigenvalue weighted by Gasteiger charge is 2.15. The molecule has 2 rings (SSSR count). The van der Waals surface area contributed by atoms with Crippen molar-refractivity contribution in [1.82, 2.24) is 4.90 Å². The van der Waals surface area contributed by atoms with E-state index in [1.54, 1.807) is 36.3 Å². The summed E-state index contributed by atoms with van der Waals surface area (Å²) in [6.07, 6.45) is 0. The molecule has 132 valence electrons. The highest BCUT2D eigenvalue weighted by Crippen LogP contribution is 2.25. The molecule has 2 aromatic rings. The minimum Gasteiger partial charge on any atom is -0.495 e. The van der Waals surface area contributed by atoms with Gasteiger partial charge in [-0.25, -0.2) is 0 Å². The van der Waals surface area contributed by atoms with E-state index < -0.39 is 0 Å². The fraction of sp³-hybridized carbons (Fsp3) is 0.300. The summed E-state index contributed by atoms with van der Waals surface area (Å²) in [7, 11) is 1.56. The minimum atomic E-state index is -0.280. The monoisotopic (exact) mass is 340 g/mol. The van der Waals surface area contributed by atoms with Gasteiger partial charge in [-0.15, -0.1) is 0 Å². The zero-order chi connectivity index (χ0) is 18.4. The number of aryl methyl sites for hydroxylation is 1. The number of carbonyl (C=O) groups is 2. The zero-order valence-electron chi connectivity index (χ0n) is 15.1. The van der Waals surface area contributed by atoms with Crippen molar-refractivity contribution in [2.75, 3.05) is 25.5 Å². The summed E-state index contributed by atoms with van der Waals surface area (Å²) >= 11 is 0. The molecule has 0 aliphatic carbocycles. The second-order valence-corrected chi connectivity index (χ2v) is 5.72. The predicted octanol–water partition coefficient (Wildman–Crippen LogP) is 3.74. The maximum Gasteiger partial charge on any atom is 0.255 e. The highest BCUT2D eigenvalue weighted by atomic mass is 16.5. The van der Waals surface area contributed by atoms with Crippen LogP contribution in [-0.2, 0) is 0 Å². The van der Waals surface area contributed by atoms with Gasteiger partial charge in [-0.1, -0.05) is 12.1 Å². The van der Waals surface area contributed by atoms with Crippen LogP contribution in [-0.4, -0.2) is 36.9 Å². The van der Waals surface area contributed by atoms with Gasteiger partial charge >= 0.3 is 0 Å². The van der Waals surface area contributed by atoms with Crippen LogP contribution in [0.25, 0.3) is 0 Å². The van der Waals surface area contributed by atoms with E-state index >= 15 is 0 Å². The van der Waals surface area contributed by atoms with Gasteiger partial charge in [0.15, 0.2) is 0 Å². The number of hydrogen-bond donors (Lipinski definition) is 1. The lowest BCUT2D eigenvalue weighted by Crippen LogP contribution is -2.30. The van der Waals surface area contributed by atoms with Crippen LogP contribution in [0, 0.1) is 6.92 Å². The van der Waals surface area contributed by atoms with Crippen LogP contribution in [0.3, 0.4) is 0 Å². The molecule has 0 aliphatic rings. The number of amides is 2. The van der Waals surface area contributed by atoms with Gasteiger partial charge in [0.2, 0.25) is 0 Å². The van der Waals surface area contributed by atoms with Crippen molar-refractivity contribution >= 4 is 17.5 Å². The smallest absolute Gasteiger partial charge is 0.255 e. The van der Waals surface area contributed by atoms with E-state index in [1.165, 1.54) is 0 Å². The van der Waals surface area contributed by atoms with Crippen LogP contribution >= 0.6 is 0 Å². The Morgan fingerprint density at radius 3 is 2.36 bits per heavy atom. The van der Waals surface area contributed by atoms with E-state index in [0.29, 0.717) is 35.7 Å². The molecule has 0 saturated carbocycles. The van der Waals surface area contributed by atoms with Crippen LogP contribution in [0.4, 0.5) is 5.69 Å². The molecule has 0 spiro atoms. The lowest BCUT2D eigenvalue weighted by Gasteiger charge is -2.19. The van der Waals surface area contributed by atoms with Crippen molar-refractivity contribution in [3.8, 4) is 5.75 Å². The predicted molar refractivity (Wildman–Crippen MR) is 99.4 cm³/mol. The van der Waals surface area contributed by atoms with E-state index in [1.807, 2.05) is 39.0 Å². The highest BCUT2D eigenvalue weighted by molar-refractivity contribution is 6.06. The number of benzene rings is 2. The maximum absolute atomic E-state index is 12.6. The van der Waals surface area contributed by atoms with Gasteiger partial charge in [0.1, 0.15) is 5.75 Å². The van der Waals surface area contributed by atoms with E-state index in [2.05, 4.69) is 5.32 Å². The molecule has 0 radical (unpaired) electrons. The molecule has 5 nitrogen and oxygen atoms in total. The van der Waals surface area contributed by atoms with Crippen molar-refractivity contribution in [3.63, 3.8) is 0 Å². The number of nitrogens with zero attached hydrogens (tertiary/aromatic N) is 1. The number of methoxy groups -OCH3 is 1. The third kappa shape index (κ3) is 4.38. The number of carbonyl (C=O) groups excluding carboxylic acids is 2. The van der Waals surface area contributed by atoms with Gasteiger partial charge in [0.25, 0.3) is 11.8 Å². The topological polar surface area (TPSA) is 58.6 Å². The second kappa shape index (κ2) is 8.33. The van der Waals surface area contributed by atoms with Crippen LogP contribution < -0.4 is 10.1 Å². The van der Waals surface area contributed by atoms with Crippen molar-refractivity contribution in [3.05, 3.63) is 59.2 Å². The standard InChI is InChI=1S/C20H24N2O3/c1-5-22(6-2)20(24)16-9-7-8-15(13-16)19(23)21-17-12-14(3)10-11-18(17)25-4/h7-13H,5-6H2,1-4H3,(H,21,23). The zero-order valence-corrected chi connectivity index (χ0v) is 15.1. The first kappa shape index (κ1) is 18.5. The summed E-state index contributed by atoms with van der Waals surface area (Å²) in [5.74, 6) is 0.236. The van der Waals surface area contributed by atoms with E-state index in [-0.39, 0.29) is 11.8 Å². The van der Waals surface area contributed by atoms with Gasteiger partial charge in [0, 0.05) is 24.2 Å². The molecule has 1 N–H and O–H groups in total. The van der Waals surface area contributed by atoms with Gasteiger partial charge in [-0.3, -0.25) is 9.59 Å². The lowest BCUT2D eigenvalue weighted by atomic mass is 10.1. The molecule has 0 heterocycles. The van der Waals surface area contributed by atoms with Gasteiger partial charge in [0.05, 0.1) is 12.8 Å². The van der Waals surface area contributed by atoms with Crippen LogP contribution in [0.5, 0.6) is 5.75 Å². The summed E-state index contributed by atoms with van der Waals surface area (Å²) < 4.78 is 5.28. The van der Waals surface area contributed by atoms with Crippen LogP contribution in [0.2, 0.25) is 0 Å². The molecule has 0 saturated heterocycles. The van der Waals surface area contributed by atoms with Crippen molar-refractivity contribution < 1.29 is 14.3 Å². The van der Waals surface area contributed by atoms with Gasteiger partial charge < -0.3 is 15.0 Å². The Hall–Kier alpha value is -2.82. The summed E-state index contributed by atoms with van der Waals surface area (Å²) in [6, 6.07) is 12.3. The average Bonchev–Trinajstić information content (AvgIpc) is 2.63. The molecule has 2 aromatic carbocycles. The van der Waals surface area contributed by atoms with Gasteiger partial charge in [-0.05, 0) is 56.7 Å². The fourth-order valence-corrected chi connectivity index (χ4v) is 2.60.